The van der Waals surface area contributed by atoms with Crippen molar-refractivity contribution in [3.05, 3.63) is 41.5 Å². The number of rotatable bonds is 5. The van der Waals surface area contributed by atoms with Crippen LogP contribution in [-0.2, 0) is 6.54 Å². The lowest BCUT2D eigenvalue weighted by Gasteiger charge is -2.12. The summed E-state index contributed by atoms with van der Waals surface area (Å²) < 4.78 is 1.92. The number of nitrogens with one attached hydrogen (secondary N) is 1. The highest BCUT2D eigenvalue weighted by Crippen LogP contribution is 2.15. The number of para-hydroxylation sites is 1. The molecule has 2 rings (SSSR count). The molecule has 0 unspecified atom stereocenters. The van der Waals surface area contributed by atoms with Gasteiger partial charge < -0.3 is 5.32 Å². The van der Waals surface area contributed by atoms with Gasteiger partial charge in [-0.1, -0.05) is 32.0 Å². The van der Waals surface area contributed by atoms with Crippen molar-refractivity contribution in [2.45, 2.75) is 34.2 Å². The van der Waals surface area contributed by atoms with E-state index in [9.17, 15) is 0 Å². The van der Waals surface area contributed by atoms with Gasteiger partial charge in [0, 0.05) is 6.54 Å². The summed E-state index contributed by atoms with van der Waals surface area (Å²) in [4.78, 5) is 4.37. The summed E-state index contributed by atoms with van der Waals surface area (Å²) >= 11 is 0. The van der Waals surface area contributed by atoms with Crippen molar-refractivity contribution in [1.29, 1.82) is 0 Å². The summed E-state index contributed by atoms with van der Waals surface area (Å²) in [6.45, 7) is 10.2. The molecule has 4 nitrogen and oxygen atoms in total. The third-order valence-electron chi connectivity index (χ3n) is 2.96. The zero-order chi connectivity index (χ0) is 13.8. The fraction of sp³-hybridized carbons (Fsp3) is 0.467. The first-order valence-corrected chi connectivity index (χ1v) is 6.77. The second-order valence-electron chi connectivity index (χ2n) is 5.27. The maximum atomic E-state index is 4.46. The molecule has 0 aliphatic carbocycles. The van der Waals surface area contributed by atoms with E-state index in [4.69, 9.17) is 0 Å². The Labute approximate surface area is 114 Å². The smallest absolute Gasteiger partial charge is 0.148 e. The summed E-state index contributed by atoms with van der Waals surface area (Å²) in [7, 11) is 0. The van der Waals surface area contributed by atoms with Gasteiger partial charge >= 0.3 is 0 Å². The lowest BCUT2D eigenvalue weighted by atomic mass is 10.1. The number of nitrogens with zero attached hydrogens (tertiary/aromatic N) is 3. The standard InChI is InChI=1S/C15H22N4/c1-11(2)9-16-10-14-7-5-6-8-15(14)19-13(4)17-12(3)18-19/h5-8,11,16H,9-10H2,1-4H3. The Kier molecular flexibility index (Phi) is 4.32. The molecule has 0 aliphatic rings. The predicted octanol–water partition coefficient (Wildman–Crippen LogP) is 2.63. The average molecular weight is 258 g/mol. The fourth-order valence-electron chi connectivity index (χ4n) is 2.11. The van der Waals surface area contributed by atoms with E-state index < -0.39 is 0 Å². The number of hydrogen-bond acceptors (Lipinski definition) is 3. The van der Waals surface area contributed by atoms with Crippen molar-refractivity contribution in [2.75, 3.05) is 6.54 Å². The fourth-order valence-corrected chi connectivity index (χ4v) is 2.11. The maximum absolute atomic E-state index is 4.46. The molecule has 2 aromatic rings. The molecule has 1 aromatic carbocycles. The molecule has 0 saturated carbocycles. The average Bonchev–Trinajstić information content (AvgIpc) is 2.68. The van der Waals surface area contributed by atoms with Gasteiger partial charge in [-0.25, -0.2) is 9.67 Å². The van der Waals surface area contributed by atoms with Crippen molar-refractivity contribution in [1.82, 2.24) is 20.1 Å². The SMILES string of the molecule is Cc1nc(C)n(-c2ccccc2CNCC(C)C)n1. The number of benzene rings is 1. The molecule has 0 amide bonds. The van der Waals surface area contributed by atoms with E-state index in [-0.39, 0.29) is 0 Å². The van der Waals surface area contributed by atoms with Gasteiger partial charge in [-0.2, -0.15) is 5.10 Å². The molecule has 0 bridgehead atoms. The van der Waals surface area contributed by atoms with Crippen LogP contribution in [0, 0.1) is 19.8 Å². The monoisotopic (exact) mass is 258 g/mol. The molecule has 0 atom stereocenters. The Morgan fingerprint density at radius 1 is 1.21 bits per heavy atom. The summed E-state index contributed by atoms with van der Waals surface area (Å²) in [6.07, 6.45) is 0. The third kappa shape index (κ3) is 3.41. The predicted molar refractivity (Wildman–Crippen MR) is 77.4 cm³/mol. The second-order valence-corrected chi connectivity index (χ2v) is 5.27. The van der Waals surface area contributed by atoms with Gasteiger partial charge in [-0.05, 0) is 37.9 Å². The van der Waals surface area contributed by atoms with Crippen LogP contribution in [0.25, 0.3) is 5.69 Å². The Morgan fingerprint density at radius 2 is 1.95 bits per heavy atom. The largest absolute Gasteiger partial charge is 0.312 e. The van der Waals surface area contributed by atoms with E-state index >= 15 is 0 Å². The molecule has 102 valence electrons. The van der Waals surface area contributed by atoms with Crippen LogP contribution >= 0.6 is 0 Å². The first kappa shape index (κ1) is 13.7. The van der Waals surface area contributed by atoms with Crippen LogP contribution in [0.4, 0.5) is 0 Å². The van der Waals surface area contributed by atoms with E-state index in [1.54, 1.807) is 0 Å². The molecule has 0 fully saturated rings. The van der Waals surface area contributed by atoms with Gasteiger partial charge in [0.25, 0.3) is 0 Å². The van der Waals surface area contributed by atoms with E-state index in [2.05, 4.69) is 47.4 Å². The second kappa shape index (κ2) is 5.97. The van der Waals surface area contributed by atoms with E-state index in [0.29, 0.717) is 5.92 Å². The van der Waals surface area contributed by atoms with Gasteiger partial charge in [0.1, 0.15) is 11.6 Å². The zero-order valence-corrected chi connectivity index (χ0v) is 12.1. The van der Waals surface area contributed by atoms with Gasteiger partial charge in [0.15, 0.2) is 0 Å². The van der Waals surface area contributed by atoms with Crippen molar-refractivity contribution in [2.24, 2.45) is 5.92 Å². The molecular formula is C15H22N4. The normalized spacial score (nSPS) is 11.2. The Morgan fingerprint density at radius 3 is 2.58 bits per heavy atom. The highest BCUT2D eigenvalue weighted by atomic mass is 15.3. The van der Waals surface area contributed by atoms with Gasteiger partial charge in [0.05, 0.1) is 5.69 Å². The molecule has 0 spiro atoms. The minimum absolute atomic E-state index is 0.655. The van der Waals surface area contributed by atoms with Crippen LogP contribution in [0.5, 0.6) is 0 Å². The van der Waals surface area contributed by atoms with Crippen LogP contribution < -0.4 is 5.32 Å². The molecule has 0 radical (unpaired) electrons. The maximum Gasteiger partial charge on any atom is 0.148 e. The molecule has 1 N–H and O–H groups in total. The van der Waals surface area contributed by atoms with Crippen molar-refractivity contribution in [3.8, 4) is 5.69 Å². The third-order valence-corrected chi connectivity index (χ3v) is 2.96. The Hall–Kier alpha value is -1.68. The van der Waals surface area contributed by atoms with E-state index in [1.165, 1.54) is 5.56 Å². The van der Waals surface area contributed by atoms with Gasteiger partial charge in [-0.3, -0.25) is 0 Å². The zero-order valence-electron chi connectivity index (χ0n) is 12.1. The minimum Gasteiger partial charge on any atom is -0.312 e. The van der Waals surface area contributed by atoms with E-state index in [0.717, 1.165) is 30.4 Å². The molecule has 19 heavy (non-hydrogen) atoms. The summed E-state index contributed by atoms with van der Waals surface area (Å²) in [5.74, 6) is 2.39. The van der Waals surface area contributed by atoms with Crippen LogP contribution in [-0.4, -0.2) is 21.3 Å². The number of aromatic nitrogens is 3. The Bertz CT molecular complexity index is 543. The molecule has 1 heterocycles. The minimum atomic E-state index is 0.655. The first-order chi connectivity index (χ1) is 9.08. The molecule has 0 aliphatic heterocycles. The highest BCUT2D eigenvalue weighted by molar-refractivity contribution is 5.40. The topological polar surface area (TPSA) is 42.7 Å². The van der Waals surface area contributed by atoms with Crippen LogP contribution in [0.3, 0.4) is 0 Å². The summed E-state index contributed by atoms with van der Waals surface area (Å²) in [5, 5.41) is 7.94. The molecule has 1 aromatic heterocycles. The van der Waals surface area contributed by atoms with Crippen LogP contribution in [0.15, 0.2) is 24.3 Å². The lowest BCUT2D eigenvalue weighted by molar-refractivity contribution is 0.551. The highest BCUT2D eigenvalue weighted by Gasteiger charge is 2.09. The van der Waals surface area contributed by atoms with Crippen molar-refractivity contribution < 1.29 is 0 Å². The van der Waals surface area contributed by atoms with Crippen molar-refractivity contribution in [3.63, 3.8) is 0 Å². The summed E-state index contributed by atoms with van der Waals surface area (Å²) in [6, 6.07) is 8.33. The Balaban J connectivity index is 2.23. The van der Waals surface area contributed by atoms with Crippen LogP contribution in [0.2, 0.25) is 0 Å². The molecule has 4 heteroatoms. The van der Waals surface area contributed by atoms with Gasteiger partial charge in [-0.15, -0.1) is 0 Å². The molecule has 0 saturated heterocycles. The van der Waals surface area contributed by atoms with Crippen molar-refractivity contribution >= 4 is 0 Å². The van der Waals surface area contributed by atoms with Gasteiger partial charge in [0.2, 0.25) is 0 Å². The van der Waals surface area contributed by atoms with Crippen LogP contribution in [0.1, 0.15) is 31.1 Å². The number of aryl methyl sites for hydroxylation is 2. The molecular weight excluding hydrogens is 236 g/mol. The first-order valence-electron chi connectivity index (χ1n) is 6.77. The lowest BCUT2D eigenvalue weighted by Crippen LogP contribution is -2.20. The van der Waals surface area contributed by atoms with E-state index in [1.807, 2.05) is 24.6 Å². The number of hydrogen-bond donors (Lipinski definition) is 1. The summed E-state index contributed by atoms with van der Waals surface area (Å²) in [5.41, 5.74) is 2.35. The quantitative estimate of drug-likeness (QED) is 0.896.